The van der Waals surface area contributed by atoms with Gasteiger partial charge in [-0.1, -0.05) is 11.8 Å². The number of nitrogens with two attached hydrogens (primary N) is 1. The summed E-state index contributed by atoms with van der Waals surface area (Å²) in [5, 5.41) is 8.42. The molecule has 0 saturated heterocycles. The summed E-state index contributed by atoms with van der Waals surface area (Å²) in [4.78, 5) is 3.61. The molecule has 1 rings (SSSR count). The van der Waals surface area contributed by atoms with Crippen LogP contribution in [0.1, 0.15) is 17.7 Å². The molecule has 1 heterocycles. The van der Waals surface area contributed by atoms with Gasteiger partial charge < -0.3 is 5.73 Å². The van der Waals surface area contributed by atoms with Gasteiger partial charge >= 0.3 is 0 Å². The molecule has 0 bridgehead atoms. The molecule has 0 aliphatic rings. The Kier molecular flexibility index (Phi) is 3.60. The van der Waals surface area contributed by atoms with Gasteiger partial charge in [0.1, 0.15) is 6.07 Å². The van der Waals surface area contributed by atoms with E-state index in [0.29, 0.717) is 18.5 Å². The Morgan fingerprint density at radius 1 is 1.57 bits per heavy atom. The molecule has 0 aliphatic heterocycles. The predicted octanol–water partition coefficient (Wildman–Crippen LogP) is 0.793. The van der Waals surface area contributed by atoms with Gasteiger partial charge in [0, 0.05) is 24.7 Å². The summed E-state index contributed by atoms with van der Waals surface area (Å²) in [6, 6.07) is 2.82. The van der Waals surface area contributed by atoms with Crippen molar-refractivity contribution in [1.82, 2.24) is 4.98 Å². The minimum absolute atomic E-state index is 0.214. The monoisotopic (exact) mass is 189 g/mol. The molecule has 70 valence electrons. The van der Waals surface area contributed by atoms with Crippen LogP contribution in [0.15, 0.2) is 12.3 Å². The van der Waals surface area contributed by atoms with E-state index in [1.54, 1.807) is 6.07 Å². The van der Waals surface area contributed by atoms with Crippen LogP contribution in [-0.4, -0.2) is 11.5 Å². The molecule has 4 heteroatoms. The molecule has 2 N–H and O–H groups in total. The number of nitrogens with zero attached hydrogens (tertiary/aromatic N) is 2. The van der Waals surface area contributed by atoms with Crippen molar-refractivity contribution in [2.24, 2.45) is 5.73 Å². The second-order valence-electron chi connectivity index (χ2n) is 2.51. The fourth-order valence-electron chi connectivity index (χ4n) is 0.825. The van der Waals surface area contributed by atoms with E-state index in [4.69, 9.17) is 11.0 Å². The summed E-state index contributed by atoms with van der Waals surface area (Å²) in [5.74, 6) is 4.80. The van der Waals surface area contributed by atoms with Crippen LogP contribution in [0.3, 0.4) is 0 Å². The van der Waals surface area contributed by atoms with E-state index in [9.17, 15) is 4.39 Å². The summed E-state index contributed by atoms with van der Waals surface area (Å²) in [6.07, 6.45) is 1.92. The summed E-state index contributed by atoms with van der Waals surface area (Å²) in [6.45, 7) is 0.471. The first-order chi connectivity index (χ1) is 6.77. The number of pyridine rings is 1. The largest absolute Gasteiger partial charge is 0.330 e. The number of hydrogen-bond acceptors (Lipinski definition) is 3. The molecule has 0 radical (unpaired) electrons. The highest BCUT2D eigenvalue weighted by Crippen LogP contribution is 2.04. The van der Waals surface area contributed by atoms with E-state index in [1.807, 2.05) is 0 Å². The lowest BCUT2D eigenvalue weighted by Gasteiger charge is -1.92. The third-order valence-electron chi connectivity index (χ3n) is 1.45. The Morgan fingerprint density at radius 2 is 2.36 bits per heavy atom. The van der Waals surface area contributed by atoms with Gasteiger partial charge in [-0.2, -0.15) is 5.26 Å². The molecule has 0 aliphatic carbocycles. The number of hydrogen-bond donors (Lipinski definition) is 1. The molecule has 0 aromatic carbocycles. The molecular formula is C10H8FN3. The smallest absolute Gasteiger partial charge is 0.176 e. The maximum Gasteiger partial charge on any atom is 0.176 e. The quantitative estimate of drug-likeness (QED) is 0.664. The van der Waals surface area contributed by atoms with E-state index >= 15 is 0 Å². The lowest BCUT2D eigenvalue weighted by molar-refractivity contribution is 0.616. The normalized spacial score (nSPS) is 8.64. The molecule has 0 fully saturated rings. The van der Waals surface area contributed by atoms with Crippen molar-refractivity contribution in [1.29, 1.82) is 5.26 Å². The summed E-state index contributed by atoms with van der Waals surface area (Å²) >= 11 is 0. The maximum absolute atomic E-state index is 13.0. The maximum atomic E-state index is 13.0. The highest BCUT2D eigenvalue weighted by atomic mass is 19.1. The standard InChI is InChI=1S/C10H8FN3/c11-9-5-8(3-1-2-4-12)7-14-10(9)6-13/h5,7H,2,4,12H2. The molecule has 14 heavy (non-hydrogen) atoms. The van der Waals surface area contributed by atoms with Gasteiger partial charge in [-0.05, 0) is 6.07 Å². The minimum Gasteiger partial charge on any atom is -0.330 e. The van der Waals surface area contributed by atoms with Gasteiger partial charge in [0.15, 0.2) is 11.5 Å². The molecule has 0 amide bonds. The number of nitriles is 1. The van der Waals surface area contributed by atoms with Crippen LogP contribution in [0.5, 0.6) is 0 Å². The Morgan fingerprint density at radius 3 is 2.93 bits per heavy atom. The topological polar surface area (TPSA) is 62.7 Å². The Labute approximate surface area is 81.4 Å². The SMILES string of the molecule is N#Cc1ncc(C#CCCN)cc1F. The fraction of sp³-hybridized carbons (Fsp3) is 0.200. The first-order valence-electron chi connectivity index (χ1n) is 4.02. The van der Waals surface area contributed by atoms with Crippen molar-refractivity contribution in [3.05, 3.63) is 29.3 Å². The summed E-state index contributed by atoms with van der Waals surface area (Å²) in [7, 11) is 0. The van der Waals surface area contributed by atoms with Crippen LogP contribution in [0.25, 0.3) is 0 Å². The lowest BCUT2D eigenvalue weighted by atomic mass is 10.2. The van der Waals surface area contributed by atoms with Gasteiger partial charge in [0.05, 0.1) is 0 Å². The summed E-state index contributed by atoms with van der Waals surface area (Å²) in [5.41, 5.74) is 5.47. The molecule has 1 aromatic rings. The third-order valence-corrected chi connectivity index (χ3v) is 1.45. The van der Waals surface area contributed by atoms with Crippen LogP contribution in [0, 0.1) is 29.0 Å². The first-order valence-corrected chi connectivity index (χ1v) is 4.02. The molecular weight excluding hydrogens is 181 g/mol. The number of aromatic nitrogens is 1. The molecule has 1 aromatic heterocycles. The van der Waals surface area contributed by atoms with Crippen LogP contribution in [-0.2, 0) is 0 Å². The minimum atomic E-state index is -0.646. The van der Waals surface area contributed by atoms with Crippen LogP contribution >= 0.6 is 0 Å². The predicted molar refractivity (Wildman–Crippen MR) is 49.5 cm³/mol. The van der Waals surface area contributed by atoms with Crippen molar-refractivity contribution in [3.63, 3.8) is 0 Å². The van der Waals surface area contributed by atoms with Gasteiger partial charge in [0.2, 0.25) is 0 Å². The lowest BCUT2D eigenvalue weighted by Crippen LogP contribution is -1.95. The number of halogens is 1. The highest BCUT2D eigenvalue weighted by Gasteiger charge is 2.01. The van der Waals surface area contributed by atoms with E-state index in [-0.39, 0.29) is 5.69 Å². The summed E-state index contributed by atoms with van der Waals surface area (Å²) < 4.78 is 13.0. The van der Waals surface area contributed by atoms with Crippen LogP contribution in [0.2, 0.25) is 0 Å². The van der Waals surface area contributed by atoms with E-state index < -0.39 is 5.82 Å². The third kappa shape index (κ3) is 2.55. The number of rotatable bonds is 1. The first kappa shape index (κ1) is 10.2. The second-order valence-corrected chi connectivity index (χ2v) is 2.51. The molecule has 0 atom stereocenters. The van der Waals surface area contributed by atoms with Gasteiger partial charge in [-0.3, -0.25) is 0 Å². The van der Waals surface area contributed by atoms with Gasteiger partial charge in [-0.25, -0.2) is 9.37 Å². The van der Waals surface area contributed by atoms with E-state index in [1.165, 1.54) is 12.3 Å². The van der Waals surface area contributed by atoms with Gasteiger partial charge in [0.25, 0.3) is 0 Å². The van der Waals surface area contributed by atoms with E-state index in [0.717, 1.165) is 0 Å². The van der Waals surface area contributed by atoms with E-state index in [2.05, 4.69) is 16.8 Å². The van der Waals surface area contributed by atoms with Crippen molar-refractivity contribution < 1.29 is 4.39 Å². The molecule has 0 spiro atoms. The van der Waals surface area contributed by atoms with Crippen LogP contribution < -0.4 is 5.73 Å². The zero-order chi connectivity index (χ0) is 10.4. The highest BCUT2D eigenvalue weighted by molar-refractivity contribution is 5.35. The van der Waals surface area contributed by atoms with Crippen molar-refractivity contribution in [2.75, 3.05) is 6.54 Å². The zero-order valence-electron chi connectivity index (χ0n) is 7.42. The zero-order valence-corrected chi connectivity index (χ0v) is 7.42. The van der Waals surface area contributed by atoms with Crippen molar-refractivity contribution >= 4 is 0 Å². The van der Waals surface area contributed by atoms with Crippen molar-refractivity contribution in [2.45, 2.75) is 6.42 Å². The fourth-order valence-corrected chi connectivity index (χ4v) is 0.825. The van der Waals surface area contributed by atoms with Crippen molar-refractivity contribution in [3.8, 4) is 17.9 Å². The molecule has 0 saturated carbocycles. The average molecular weight is 189 g/mol. The molecule has 3 nitrogen and oxygen atoms in total. The van der Waals surface area contributed by atoms with Crippen LogP contribution in [0.4, 0.5) is 4.39 Å². The Hall–Kier alpha value is -1.91. The average Bonchev–Trinajstić information content (AvgIpc) is 2.18. The Balaban J connectivity index is 2.89. The Bertz CT molecular complexity index is 423. The van der Waals surface area contributed by atoms with Gasteiger partial charge in [-0.15, -0.1) is 0 Å². The second kappa shape index (κ2) is 4.96. The molecule has 0 unspecified atom stereocenters.